The lowest BCUT2D eigenvalue weighted by Gasteiger charge is -2.03. The van der Waals surface area contributed by atoms with E-state index in [4.69, 9.17) is 9.26 Å². The summed E-state index contributed by atoms with van der Waals surface area (Å²) in [5, 5.41) is 16.1. The van der Waals surface area contributed by atoms with E-state index in [1.165, 1.54) is 0 Å². The number of phenolic OH excluding ortho intramolecular Hbond substituents is 1. The minimum Gasteiger partial charge on any atom is -0.507 e. The standard InChI is InChI=1S/C16H14N2O3/c19-13-9-11-5-2-1-4-10(11)8-12(13)16-17-15(18-21-16)14-6-3-7-20-14/h1-2,4-5,8-9,14,19H,3,6-7H2. The molecule has 1 saturated heterocycles. The molecule has 0 amide bonds. The Kier molecular flexibility index (Phi) is 2.86. The number of aromatic nitrogens is 2. The fourth-order valence-electron chi connectivity index (χ4n) is 2.66. The highest BCUT2D eigenvalue weighted by atomic mass is 16.5. The van der Waals surface area contributed by atoms with E-state index in [0.717, 1.165) is 30.2 Å². The molecule has 5 nitrogen and oxygen atoms in total. The van der Waals surface area contributed by atoms with Gasteiger partial charge in [0.15, 0.2) is 0 Å². The minimum atomic E-state index is -0.0925. The summed E-state index contributed by atoms with van der Waals surface area (Å²) in [6.45, 7) is 0.732. The lowest BCUT2D eigenvalue weighted by atomic mass is 10.1. The van der Waals surface area contributed by atoms with E-state index in [9.17, 15) is 5.11 Å². The van der Waals surface area contributed by atoms with Crippen LogP contribution in [-0.4, -0.2) is 21.9 Å². The predicted molar refractivity (Wildman–Crippen MR) is 76.8 cm³/mol. The molecule has 5 heteroatoms. The number of ether oxygens (including phenoxy) is 1. The van der Waals surface area contributed by atoms with Gasteiger partial charge in [-0.2, -0.15) is 4.98 Å². The molecular weight excluding hydrogens is 268 g/mol. The molecule has 2 aromatic carbocycles. The van der Waals surface area contributed by atoms with Crippen molar-refractivity contribution in [2.24, 2.45) is 0 Å². The molecule has 106 valence electrons. The van der Waals surface area contributed by atoms with Crippen molar-refractivity contribution in [1.29, 1.82) is 0 Å². The van der Waals surface area contributed by atoms with Crippen molar-refractivity contribution in [3.63, 3.8) is 0 Å². The Morgan fingerprint density at radius 3 is 2.71 bits per heavy atom. The van der Waals surface area contributed by atoms with Crippen molar-refractivity contribution < 1.29 is 14.4 Å². The lowest BCUT2D eigenvalue weighted by Crippen LogP contribution is -1.97. The number of hydrogen-bond donors (Lipinski definition) is 1. The summed E-state index contributed by atoms with van der Waals surface area (Å²) in [5.74, 6) is 1.01. The van der Waals surface area contributed by atoms with E-state index < -0.39 is 0 Å². The summed E-state index contributed by atoms with van der Waals surface area (Å²) in [4.78, 5) is 4.37. The Morgan fingerprint density at radius 2 is 1.95 bits per heavy atom. The summed E-state index contributed by atoms with van der Waals surface area (Å²) in [6, 6.07) is 11.4. The smallest absolute Gasteiger partial charge is 0.261 e. The van der Waals surface area contributed by atoms with Gasteiger partial charge in [0.2, 0.25) is 5.82 Å². The predicted octanol–water partition coefficient (Wildman–Crippen LogP) is 3.45. The van der Waals surface area contributed by atoms with Crippen LogP contribution in [0.4, 0.5) is 0 Å². The lowest BCUT2D eigenvalue weighted by molar-refractivity contribution is 0.103. The first-order valence-corrected chi connectivity index (χ1v) is 6.98. The fraction of sp³-hybridized carbons (Fsp3) is 0.250. The SMILES string of the molecule is Oc1cc2ccccc2cc1-c1nc(C2CCCO2)no1. The average molecular weight is 282 g/mol. The average Bonchev–Trinajstić information content (AvgIpc) is 3.17. The van der Waals surface area contributed by atoms with Crippen LogP contribution >= 0.6 is 0 Å². The second-order valence-electron chi connectivity index (χ2n) is 5.18. The number of fused-ring (bicyclic) bond motifs is 1. The molecule has 0 aliphatic carbocycles. The van der Waals surface area contributed by atoms with Crippen molar-refractivity contribution >= 4 is 10.8 Å². The summed E-state index contributed by atoms with van der Waals surface area (Å²) < 4.78 is 10.8. The highest BCUT2D eigenvalue weighted by Crippen LogP contribution is 2.34. The van der Waals surface area contributed by atoms with Gasteiger partial charge in [0, 0.05) is 6.61 Å². The van der Waals surface area contributed by atoms with Crippen molar-refractivity contribution in [2.75, 3.05) is 6.61 Å². The van der Waals surface area contributed by atoms with Crippen LogP contribution in [0.15, 0.2) is 40.9 Å². The van der Waals surface area contributed by atoms with E-state index in [-0.39, 0.29) is 11.9 Å². The van der Waals surface area contributed by atoms with Gasteiger partial charge >= 0.3 is 0 Å². The first-order valence-electron chi connectivity index (χ1n) is 6.98. The zero-order valence-corrected chi connectivity index (χ0v) is 11.3. The molecule has 1 aliphatic rings. The van der Waals surface area contributed by atoms with Gasteiger partial charge in [-0.05, 0) is 35.7 Å². The van der Waals surface area contributed by atoms with Crippen molar-refractivity contribution in [3.8, 4) is 17.2 Å². The van der Waals surface area contributed by atoms with E-state index >= 15 is 0 Å². The van der Waals surface area contributed by atoms with Crippen LogP contribution in [0.25, 0.3) is 22.2 Å². The van der Waals surface area contributed by atoms with Gasteiger partial charge in [-0.15, -0.1) is 0 Å². The normalized spacial score (nSPS) is 18.4. The van der Waals surface area contributed by atoms with Gasteiger partial charge in [-0.25, -0.2) is 0 Å². The molecule has 1 aromatic heterocycles. The van der Waals surface area contributed by atoms with Gasteiger partial charge in [0.1, 0.15) is 11.9 Å². The highest BCUT2D eigenvalue weighted by molar-refractivity contribution is 5.89. The van der Waals surface area contributed by atoms with Crippen molar-refractivity contribution in [2.45, 2.75) is 18.9 Å². The summed E-state index contributed by atoms with van der Waals surface area (Å²) in [5.41, 5.74) is 0.547. The molecular formula is C16H14N2O3. The number of aromatic hydroxyl groups is 1. The summed E-state index contributed by atoms with van der Waals surface area (Å²) >= 11 is 0. The molecule has 4 rings (SSSR count). The zero-order valence-electron chi connectivity index (χ0n) is 11.3. The molecule has 21 heavy (non-hydrogen) atoms. The maximum Gasteiger partial charge on any atom is 0.261 e. The zero-order chi connectivity index (χ0) is 14.2. The number of hydrogen-bond acceptors (Lipinski definition) is 5. The number of benzene rings is 2. The third-order valence-electron chi connectivity index (χ3n) is 3.75. The Labute approximate surface area is 121 Å². The third kappa shape index (κ3) is 2.15. The Morgan fingerprint density at radius 1 is 1.14 bits per heavy atom. The molecule has 0 spiro atoms. The number of phenols is 1. The van der Waals surface area contributed by atoms with E-state index in [1.54, 1.807) is 6.07 Å². The maximum absolute atomic E-state index is 10.2. The van der Waals surface area contributed by atoms with Gasteiger partial charge in [0.25, 0.3) is 5.89 Å². The molecule has 0 bridgehead atoms. The first-order chi connectivity index (χ1) is 10.3. The van der Waals surface area contributed by atoms with Crippen LogP contribution in [0.3, 0.4) is 0 Å². The van der Waals surface area contributed by atoms with Crippen LogP contribution in [-0.2, 0) is 4.74 Å². The molecule has 1 fully saturated rings. The van der Waals surface area contributed by atoms with Gasteiger partial charge in [-0.1, -0.05) is 29.4 Å². The van der Waals surface area contributed by atoms with Gasteiger partial charge < -0.3 is 14.4 Å². The first kappa shape index (κ1) is 12.3. The van der Waals surface area contributed by atoms with Gasteiger partial charge in [0.05, 0.1) is 5.56 Å². The number of rotatable bonds is 2. The Balaban J connectivity index is 1.77. The molecule has 2 heterocycles. The van der Waals surface area contributed by atoms with E-state index in [2.05, 4.69) is 10.1 Å². The van der Waals surface area contributed by atoms with Gasteiger partial charge in [-0.3, -0.25) is 0 Å². The summed E-state index contributed by atoms with van der Waals surface area (Å²) in [6.07, 6.45) is 1.82. The monoisotopic (exact) mass is 282 g/mol. The van der Waals surface area contributed by atoms with E-state index in [0.29, 0.717) is 17.3 Å². The second kappa shape index (κ2) is 4.86. The van der Waals surface area contributed by atoms with Crippen LogP contribution in [0.5, 0.6) is 5.75 Å². The molecule has 1 aliphatic heterocycles. The molecule has 1 atom stereocenters. The summed E-state index contributed by atoms with van der Waals surface area (Å²) in [7, 11) is 0. The minimum absolute atomic E-state index is 0.0925. The van der Waals surface area contributed by atoms with Crippen LogP contribution in [0.1, 0.15) is 24.8 Å². The Hall–Kier alpha value is -2.40. The van der Waals surface area contributed by atoms with E-state index in [1.807, 2.05) is 30.3 Å². The molecule has 3 aromatic rings. The second-order valence-corrected chi connectivity index (χ2v) is 5.18. The maximum atomic E-state index is 10.2. The molecule has 1 unspecified atom stereocenters. The third-order valence-corrected chi connectivity index (χ3v) is 3.75. The largest absolute Gasteiger partial charge is 0.507 e. The Bertz CT molecular complexity index is 791. The molecule has 0 saturated carbocycles. The quantitative estimate of drug-likeness (QED) is 0.779. The van der Waals surface area contributed by atoms with Crippen LogP contribution in [0.2, 0.25) is 0 Å². The van der Waals surface area contributed by atoms with Crippen molar-refractivity contribution in [3.05, 3.63) is 42.2 Å². The topological polar surface area (TPSA) is 68.4 Å². The number of nitrogens with zero attached hydrogens (tertiary/aromatic N) is 2. The van der Waals surface area contributed by atoms with Crippen molar-refractivity contribution in [1.82, 2.24) is 10.1 Å². The highest BCUT2D eigenvalue weighted by Gasteiger charge is 2.24. The fourth-order valence-corrected chi connectivity index (χ4v) is 2.66. The van der Waals surface area contributed by atoms with Crippen LogP contribution in [0, 0.1) is 0 Å². The molecule has 0 radical (unpaired) electrons. The molecule has 1 N–H and O–H groups in total. The van der Waals surface area contributed by atoms with Crippen LogP contribution < -0.4 is 0 Å².